The fraction of sp³-hybridized carbons (Fsp3) is 0.333. The molecule has 0 atom stereocenters. The van der Waals surface area contributed by atoms with Crippen molar-refractivity contribution in [3.8, 4) is 0 Å². The molecule has 1 rings (SSSR count). The van der Waals surface area contributed by atoms with E-state index in [-0.39, 0.29) is 0 Å². The van der Waals surface area contributed by atoms with Crippen molar-refractivity contribution < 1.29 is 9.53 Å². The molecule has 0 unspecified atom stereocenters. The normalized spacial score (nSPS) is 9.50. The number of methoxy groups -OCH3 is 1. The zero-order valence-corrected chi connectivity index (χ0v) is 8.74. The van der Waals surface area contributed by atoms with Gasteiger partial charge in [0.2, 0.25) is 0 Å². The van der Waals surface area contributed by atoms with Gasteiger partial charge in [0, 0.05) is 5.38 Å². The monoisotopic (exact) mass is 250 g/mol. The maximum atomic E-state index is 10.9. The van der Waals surface area contributed by atoms with Crippen LogP contribution in [0.2, 0.25) is 0 Å². The van der Waals surface area contributed by atoms with E-state index in [0.29, 0.717) is 16.3 Å². The predicted octanol–water partition coefficient (Wildman–Crippen LogP) is 1.69. The smallest absolute Gasteiger partial charge is 0.357 e. The van der Waals surface area contributed by atoms with Crippen molar-refractivity contribution in [2.45, 2.75) is 0 Å². The van der Waals surface area contributed by atoms with Crippen molar-refractivity contribution in [3.63, 3.8) is 0 Å². The number of nitrogens with one attached hydrogen (secondary N) is 1. The lowest BCUT2D eigenvalue weighted by Crippen LogP contribution is -2.02. The summed E-state index contributed by atoms with van der Waals surface area (Å²) in [6, 6.07) is 0. The molecule has 0 aliphatic heterocycles. The number of aromatic nitrogens is 1. The summed E-state index contributed by atoms with van der Waals surface area (Å²) in [6.07, 6.45) is 0. The third kappa shape index (κ3) is 2.18. The molecule has 0 aliphatic carbocycles. The van der Waals surface area contributed by atoms with Gasteiger partial charge in [-0.3, -0.25) is 0 Å². The topological polar surface area (TPSA) is 51.2 Å². The molecule has 0 aliphatic rings. The highest BCUT2D eigenvalue weighted by Crippen LogP contribution is 2.15. The molecule has 1 aromatic heterocycles. The van der Waals surface area contributed by atoms with Gasteiger partial charge >= 0.3 is 5.97 Å². The van der Waals surface area contributed by atoms with Gasteiger partial charge in [-0.15, -0.1) is 11.3 Å². The fourth-order valence-corrected chi connectivity index (χ4v) is 1.74. The van der Waals surface area contributed by atoms with Crippen LogP contribution >= 0.6 is 27.3 Å². The molecule has 4 nitrogen and oxygen atoms in total. The Labute approximate surface area is 82.1 Å². The summed E-state index contributed by atoms with van der Waals surface area (Å²) in [5.41, 5.74) is 0.951. The van der Waals surface area contributed by atoms with Gasteiger partial charge in [-0.05, 0) is 0 Å². The molecule has 0 bridgehead atoms. The first-order chi connectivity index (χ1) is 5.77. The largest absolute Gasteiger partial charge is 0.464 e. The summed E-state index contributed by atoms with van der Waals surface area (Å²) in [7, 11) is 1.33. The lowest BCUT2D eigenvalue weighted by atomic mass is 10.5. The molecular formula is C6H7BrN2O2S. The zero-order chi connectivity index (χ0) is 8.97. The molecule has 1 aromatic rings. The van der Waals surface area contributed by atoms with E-state index in [1.807, 2.05) is 0 Å². The first kappa shape index (κ1) is 9.47. The van der Waals surface area contributed by atoms with E-state index >= 15 is 0 Å². The lowest BCUT2D eigenvalue weighted by molar-refractivity contribution is 0.0595. The number of thiazole rings is 1. The van der Waals surface area contributed by atoms with Gasteiger partial charge in [0.05, 0.1) is 12.6 Å². The van der Waals surface area contributed by atoms with Crippen LogP contribution in [0.25, 0.3) is 0 Å². The number of halogens is 1. The van der Waals surface area contributed by atoms with Crippen LogP contribution in [-0.4, -0.2) is 23.5 Å². The zero-order valence-electron chi connectivity index (χ0n) is 6.33. The third-order valence-corrected chi connectivity index (χ3v) is 2.20. The standard InChI is InChI=1S/C6H7BrN2O2S/c1-11-5(10)4-2-12-6(9-4)8-3-7/h2H,3H2,1H3,(H,8,9). The fourth-order valence-electron chi connectivity index (χ4n) is 0.610. The predicted molar refractivity (Wildman–Crippen MR) is 50.9 cm³/mol. The van der Waals surface area contributed by atoms with Gasteiger partial charge < -0.3 is 10.1 Å². The summed E-state index contributed by atoms with van der Waals surface area (Å²) in [4.78, 5) is 14.9. The molecule has 0 spiro atoms. The van der Waals surface area contributed by atoms with E-state index in [0.717, 1.165) is 0 Å². The minimum absolute atomic E-state index is 0.339. The van der Waals surface area contributed by atoms with Crippen molar-refractivity contribution in [1.82, 2.24) is 4.98 Å². The van der Waals surface area contributed by atoms with E-state index in [2.05, 4.69) is 31.0 Å². The Hall–Kier alpha value is -0.620. The minimum atomic E-state index is -0.408. The Morgan fingerprint density at radius 3 is 3.25 bits per heavy atom. The summed E-state index contributed by atoms with van der Waals surface area (Å²) >= 11 is 4.55. The first-order valence-corrected chi connectivity index (χ1v) is 5.11. The van der Waals surface area contributed by atoms with Crippen molar-refractivity contribution >= 4 is 38.4 Å². The van der Waals surface area contributed by atoms with E-state index in [1.54, 1.807) is 5.38 Å². The van der Waals surface area contributed by atoms with E-state index in [1.165, 1.54) is 18.4 Å². The van der Waals surface area contributed by atoms with Crippen molar-refractivity contribution in [1.29, 1.82) is 0 Å². The second-order valence-corrected chi connectivity index (χ2v) is 3.26. The van der Waals surface area contributed by atoms with Gasteiger partial charge in [-0.25, -0.2) is 9.78 Å². The number of carbonyl (C=O) groups is 1. The average molecular weight is 251 g/mol. The van der Waals surface area contributed by atoms with E-state index in [4.69, 9.17) is 0 Å². The van der Waals surface area contributed by atoms with Crippen molar-refractivity contribution in [2.75, 3.05) is 17.9 Å². The van der Waals surface area contributed by atoms with Crippen molar-refractivity contribution in [3.05, 3.63) is 11.1 Å². The van der Waals surface area contributed by atoms with Crippen LogP contribution in [-0.2, 0) is 4.74 Å². The van der Waals surface area contributed by atoms with Crippen LogP contribution in [0.15, 0.2) is 5.38 Å². The maximum absolute atomic E-state index is 10.9. The lowest BCUT2D eigenvalue weighted by Gasteiger charge is -1.93. The molecule has 0 saturated carbocycles. The molecule has 0 amide bonds. The Kier molecular flexibility index (Phi) is 3.48. The van der Waals surface area contributed by atoms with Gasteiger partial charge in [-0.2, -0.15) is 0 Å². The first-order valence-electron chi connectivity index (χ1n) is 3.11. The van der Waals surface area contributed by atoms with Crippen LogP contribution in [0, 0.1) is 0 Å². The number of ether oxygens (including phenoxy) is 1. The minimum Gasteiger partial charge on any atom is -0.464 e. The molecule has 0 saturated heterocycles. The van der Waals surface area contributed by atoms with Crippen LogP contribution in [0.1, 0.15) is 10.5 Å². The van der Waals surface area contributed by atoms with Crippen LogP contribution in [0.3, 0.4) is 0 Å². The third-order valence-electron chi connectivity index (χ3n) is 1.12. The second-order valence-electron chi connectivity index (χ2n) is 1.84. The van der Waals surface area contributed by atoms with E-state index < -0.39 is 5.97 Å². The molecule has 0 radical (unpaired) electrons. The maximum Gasteiger partial charge on any atom is 0.357 e. The number of hydrogen-bond donors (Lipinski definition) is 1. The second kappa shape index (κ2) is 4.42. The van der Waals surface area contributed by atoms with Gasteiger partial charge in [0.25, 0.3) is 0 Å². The summed E-state index contributed by atoms with van der Waals surface area (Å²) in [5, 5.41) is 5.27. The Balaban J connectivity index is 2.70. The van der Waals surface area contributed by atoms with Crippen molar-refractivity contribution in [2.24, 2.45) is 0 Å². The SMILES string of the molecule is COC(=O)c1csc(NCBr)n1. The summed E-state index contributed by atoms with van der Waals surface area (Å²) < 4.78 is 4.49. The summed E-state index contributed by atoms with van der Waals surface area (Å²) in [5.74, 6) is -0.408. The molecule has 0 aromatic carbocycles. The number of esters is 1. The number of alkyl halides is 1. The molecule has 0 fully saturated rings. The summed E-state index contributed by atoms with van der Waals surface area (Å²) in [6.45, 7) is 0. The number of carbonyl (C=O) groups excluding carboxylic acids is 1. The highest BCUT2D eigenvalue weighted by atomic mass is 79.9. The Morgan fingerprint density at radius 2 is 2.67 bits per heavy atom. The number of rotatable bonds is 3. The molecule has 12 heavy (non-hydrogen) atoms. The van der Waals surface area contributed by atoms with Gasteiger partial charge in [0.1, 0.15) is 0 Å². The molecule has 6 heteroatoms. The van der Waals surface area contributed by atoms with E-state index in [9.17, 15) is 4.79 Å². The van der Waals surface area contributed by atoms with Crippen LogP contribution < -0.4 is 5.32 Å². The molecule has 1 N–H and O–H groups in total. The quantitative estimate of drug-likeness (QED) is 0.504. The van der Waals surface area contributed by atoms with Crippen LogP contribution in [0.4, 0.5) is 5.13 Å². The van der Waals surface area contributed by atoms with Crippen LogP contribution in [0.5, 0.6) is 0 Å². The Bertz CT molecular complexity index is 276. The Morgan fingerprint density at radius 1 is 1.92 bits per heavy atom. The highest BCUT2D eigenvalue weighted by molar-refractivity contribution is 9.09. The highest BCUT2D eigenvalue weighted by Gasteiger charge is 2.09. The number of nitrogens with zero attached hydrogens (tertiary/aromatic N) is 1. The van der Waals surface area contributed by atoms with Gasteiger partial charge in [0.15, 0.2) is 10.8 Å². The average Bonchev–Trinajstić information content (AvgIpc) is 2.52. The number of hydrogen-bond acceptors (Lipinski definition) is 5. The molecule has 66 valence electrons. The molecule has 1 heterocycles. The van der Waals surface area contributed by atoms with Gasteiger partial charge in [-0.1, -0.05) is 15.9 Å². The number of anilines is 1. The molecular weight excluding hydrogens is 244 g/mol.